The van der Waals surface area contributed by atoms with Crippen molar-refractivity contribution in [1.29, 1.82) is 0 Å². The molecule has 6 nitrogen and oxygen atoms in total. The van der Waals surface area contributed by atoms with Gasteiger partial charge in [-0.05, 0) is 19.1 Å². The molecule has 1 fully saturated rings. The minimum atomic E-state index is -0.0187. The normalized spacial score (nSPS) is 14.8. The van der Waals surface area contributed by atoms with Gasteiger partial charge in [0.15, 0.2) is 0 Å². The minimum Gasteiger partial charge on any atom is -0.492 e. The molecule has 22 heavy (non-hydrogen) atoms. The quantitative estimate of drug-likeness (QED) is 0.811. The Morgan fingerprint density at radius 3 is 2.64 bits per heavy atom. The first-order valence-electron chi connectivity index (χ1n) is 7.74. The van der Waals surface area contributed by atoms with Crippen molar-refractivity contribution in [2.45, 2.75) is 6.92 Å². The molecule has 0 unspecified atom stereocenters. The van der Waals surface area contributed by atoms with Crippen molar-refractivity contribution in [2.24, 2.45) is 0 Å². The van der Waals surface area contributed by atoms with Crippen LogP contribution in [-0.2, 0) is 4.74 Å². The Bertz CT molecular complexity index is 473. The summed E-state index contributed by atoms with van der Waals surface area (Å²) < 4.78 is 10.6. The van der Waals surface area contributed by atoms with Gasteiger partial charge >= 0.3 is 6.03 Å². The average Bonchev–Trinajstić information content (AvgIpc) is 2.56. The van der Waals surface area contributed by atoms with Crippen LogP contribution in [0.1, 0.15) is 6.92 Å². The highest BCUT2D eigenvalue weighted by atomic mass is 16.5. The fraction of sp³-hybridized carbons (Fsp3) is 0.562. The van der Waals surface area contributed by atoms with E-state index in [4.69, 9.17) is 9.47 Å². The number of amides is 2. The van der Waals surface area contributed by atoms with Crippen molar-refractivity contribution in [1.82, 2.24) is 10.2 Å². The Hall–Kier alpha value is -1.95. The van der Waals surface area contributed by atoms with Gasteiger partial charge in [0, 0.05) is 39.8 Å². The van der Waals surface area contributed by atoms with Crippen molar-refractivity contribution in [3.8, 4) is 5.75 Å². The van der Waals surface area contributed by atoms with E-state index in [2.05, 4.69) is 16.3 Å². The lowest BCUT2D eigenvalue weighted by molar-refractivity contribution is 0.177. The van der Waals surface area contributed by atoms with Crippen molar-refractivity contribution >= 4 is 11.7 Å². The van der Waals surface area contributed by atoms with Crippen molar-refractivity contribution in [3.63, 3.8) is 0 Å². The zero-order valence-corrected chi connectivity index (χ0v) is 13.4. The zero-order chi connectivity index (χ0) is 15.8. The predicted molar refractivity (Wildman–Crippen MR) is 86.7 cm³/mol. The first kappa shape index (κ1) is 16.4. The number of hydrogen-bond donors (Lipinski definition) is 1. The van der Waals surface area contributed by atoms with E-state index in [9.17, 15) is 4.79 Å². The summed E-state index contributed by atoms with van der Waals surface area (Å²) in [5.74, 6) is 0.906. The number of ether oxygens (including phenoxy) is 2. The summed E-state index contributed by atoms with van der Waals surface area (Å²) in [4.78, 5) is 16.1. The van der Waals surface area contributed by atoms with Crippen molar-refractivity contribution in [2.75, 3.05) is 57.9 Å². The van der Waals surface area contributed by atoms with Gasteiger partial charge in [0.1, 0.15) is 5.75 Å². The van der Waals surface area contributed by atoms with E-state index in [0.29, 0.717) is 32.8 Å². The molecular formula is C16H25N3O3. The molecule has 2 amide bonds. The molecule has 0 radical (unpaired) electrons. The molecule has 0 aliphatic carbocycles. The SMILES string of the molecule is CCOc1ccccc1N1CCN(C(=O)NCCOC)CC1. The number of urea groups is 1. The Morgan fingerprint density at radius 2 is 1.95 bits per heavy atom. The molecule has 122 valence electrons. The highest BCUT2D eigenvalue weighted by molar-refractivity contribution is 5.74. The topological polar surface area (TPSA) is 54.0 Å². The van der Waals surface area contributed by atoms with E-state index in [-0.39, 0.29) is 6.03 Å². The highest BCUT2D eigenvalue weighted by Gasteiger charge is 2.22. The van der Waals surface area contributed by atoms with Crippen molar-refractivity contribution in [3.05, 3.63) is 24.3 Å². The number of hydrogen-bond acceptors (Lipinski definition) is 4. The summed E-state index contributed by atoms with van der Waals surface area (Å²) in [6, 6.07) is 8.03. The summed E-state index contributed by atoms with van der Waals surface area (Å²) in [6.45, 7) is 6.75. The number of carbonyl (C=O) groups excluding carboxylic acids is 1. The molecule has 0 aromatic heterocycles. The van der Waals surface area contributed by atoms with Gasteiger partial charge < -0.3 is 24.6 Å². The lowest BCUT2D eigenvalue weighted by atomic mass is 10.2. The van der Waals surface area contributed by atoms with Gasteiger partial charge in [0.25, 0.3) is 0 Å². The van der Waals surface area contributed by atoms with Crippen LogP contribution in [0, 0.1) is 0 Å². The minimum absolute atomic E-state index is 0.0187. The second kappa shape index (κ2) is 8.48. The Balaban J connectivity index is 1.88. The van der Waals surface area contributed by atoms with E-state index in [1.807, 2.05) is 30.0 Å². The van der Waals surface area contributed by atoms with Gasteiger partial charge in [-0.25, -0.2) is 4.79 Å². The summed E-state index contributed by atoms with van der Waals surface area (Å²) >= 11 is 0. The van der Waals surface area contributed by atoms with E-state index in [0.717, 1.165) is 24.5 Å². The molecule has 1 heterocycles. The fourth-order valence-electron chi connectivity index (χ4n) is 2.52. The van der Waals surface area contributed by atoms with Gasteiger partial charge in [0.2, 0.25) is 0 Å². The summed E-state index contributed by atoms with van der Waals surface area (Å²) in [6.07, 6.45) is 0. The maximum atomic E-state index is 12.0. The van der Waals surface area contributed by atoms with Gasteiger partial charge in [-0.2, -0.15) is 0 Å². The third kappa shape index (κ3) is 4.27. The number of para-hydroxylation sites is 2. The van der Waals surface area contributed by atoms with Crippen LogP contribution in [0.15, 0.2) is 24.3 Å². The summed E-state index contributed by atoms with van der Waals surface area (Å²) in [7, 11) is 1.63. The van der Waals surface area contributed by atoms with E-state index in [1.54, 1.807) is 7.11 Å². The molecular weight excluding hydrogens is 282 g/mol. The van der Waals surface area contributed by atoms with Crippen LogP contribution in [0.5, 0.6) is 5.75 Å². The summed E-state index contributed by atoms with van der Waals surface area (Å²) in [5.41, 5.74) is 1.10. The number of piperazine rings is 1. The Kier molecular flexibility index (Phi) is 6.33. The number of anilines is 1. The maximum absolute atomic E-state index is 12.0. The fourth-order valence-corrected chi connectivity index (χ4v) is 2.52. The molecule has 6 heteroatoms. The van der Waals surface area contributed by atoms with Crippen LogP contribution in [0.3, 0.4) is 0 Å². The third-order valence-corrected chi connectivity index (χ3v) is 3.66. The molecule has 2 rings (SSSR count). The van der Waals surface area contributed by atoms with Gasteiger partial charge in [0.05, 0.1) is 18.9 Å². The van der Waals surface area contributed by atoms with Crippen LogP contribution in [0.4, 0.5) is 10.5 Å². The van der Waals surface area contributed by atoms with E-state index < -0.39 is 0 Å². The van der Waals surface area contributed by atoms with E-state index >= 15 is 0 Å². The van der Waals surface area contributed by atoms with Crippen LogP contribution in [0.2, 0.25) is 0 Å². The molecule has 1 aromatic carbocycles. The van der Waals surface area contributed by atoms with Crippen LogP contribution in [0.25, 0.3) is 0 Å². The van der Waals surface area contributed by atoms with Crippen molar-refractivity contribution < 1.29 is 14.3 Å². The first-order chi connectivity index (χ1) is 10.8. The number of nitrogens with zero attached hydrogens (tertiary/aromatic N) is 2. The van der Waals surface area contributed by atoms with E-state index in [1.165, 1.54) is 0 Å². The lowest BCUT2D eigenvalue weighted by Crippen LogP contribution is -2.52. The van der Waals surface area contributed by atoms with Crippen LogP contribution < -0.4 is 15.0 Å². The predicted octanol–water partition coefficient (Wildman–Crippen LogP) is 1.56. The maximum Gasteiger partial charge on any atom is 0.317 e. The molecule has 1 aliphatic rings. The molecule has 1 aromatic rings. The number of nitrogens with one attached hydrogen (secondary N) is 1. The number of methoxy groups -OCH3 is 1. The molecule has 0 bridgehead atoms. The number of carbonyl (C=O) groups is 1. The molecule has 1 N–H and O–H groups in total. The Labute approximate surface area is 132 Å². The number of rotatable bonds is 6. The lowest BCUT2D eigenvalue weighted by Gasteiger charge is -2.36. The summed E-state index contributed by atoms with van der Waals surface area (Å²) in [5, 5.41) is 2.86. The second-order valence-electron chi connectivity index (χ2n) is 5.10. The third-order valence-electron chi connectivity index (χ3n) is 3.66. The Morgan fingerprint density at radius 1 is 1.23 bits per heavy atom. The van der Waals surface area contributed by atoms with Crippen LogP contribution >= 0.6 is 0 Å². The second-order valence-corrected chi connectivity index (χ2v) is 5.10. The van der Waals surface area contributed by atoms with Gasteiger partial charge in [-0.15, -0.1) is 0 Å². The monoisotopic (exact) mass is 307 g/mol. The molecule has 0 saturated carbocycles. The van der Waals surface area contributed by atoms with Gasteiger partial charge in [-0.1, -0.05) is 12.1 Å². The molecule has 0 atom stereocenters. The largest absolute Gasteiger partial charge is 0.492 e. The van der Waals surface area contributed by atoms with Gasteiger partial charge in [-0.3, -0.25) is 0 Å². The molecule has 0 spiro atoms. The number of benzene rings is 1. The molecule has 1 saturated heterocycles. The zero-order valence-electron chi connectivity index (χ0n) is 13.4. The standard InChI is InChI=1S/C16H25N3O3/c1-3-22-15-7-5-4-6-14(15)18-9-11-19(12-10-18)16(20)17-8-13-21-2/h4-7H,3,8-13H2,1-2H3,(H,17,20). The van der Waals surface area contributed by atoms with Crippen LogP contribution in [-0.4, -0.2) is 64.0 Å². The highest BCUT2D eigenvalue weighted by Crippen LogP contribution is 2.28. The molecule has 1 aliphatic heterocycles. The average molecular weight is 307 g/mol. The first-order valence-corrected chi connectivity index (χ1v) is 7.74. The smallest absolute Gasteiger partial charge is 0.317 e.